The second-order valence-corrected chi connectivity index (χ2v) is 4.22. The molecule has 0 bridgehead atoms. The summed E-state index contributed by atoms with van der Waals surface area (Å²) in [6, 6.07) is 3.05. The number of anilines is 1. The molecule has 0 saturated heterocycles. The predicted octanol–water partition coefficient (Wildman–Crippen LogP) is 0.135. The predicted molar refractivity (Wildman–Crippen MR) is 76.5 cm³/mol. The number of hydrogen-bond acceptors (Lipinski definition) is 6. The molecule has 0 saturated carbocycles. The maximum absolute atomic E-state index is 12.0. The third kappa shape index (κ3) is 4.14. The number of nitrogens with zero attached hydrogens (tertiary/aromatic N) is 1. The SMILES string of the molecule is CCNC(=O)C(C)NC(=O)c1ccc(NN)c([N+](=O)[O-])c1. The minimum Gasteiger partial charge on any atom is -0.355 e. The van der Waals surface area contributed by atoms with Gasteiger partial charge in [-0.05, 0) is 26.0 Å². The monoisotopic (exact) mass is 295 g/mol. The van der Waals surface area contributed by atoms with Crippen molar-refractivity contribution in [1.82, 2.24) is 10.6 Å². The fourth-order valence-corrected chi connectivity index (χ4v) is 1.62. The van der Waals surface area contributed by atoms with Crippen LogP contribution in [-0.4, -0.2) is 29.3 Å². The van der Waals surface area contributed by atoms with Crippen molar-refractivity contribution < 1.29 is 14.5 Å². The van der Waals surface area contributed by atoms with Crippen LogP contribution in [0.4, 0.5) is 11.4 Å². The fraction of sp³-hybridized carbons (Fsp3) is 0.333. The minimum atomic E-state index is -0.746. The molecule has 0 fully saturated rings. The quantitative estimate of drug-likeness (QED) is 0.334. The van der Waals surface area contributed by atoms with Crippen LogP contribution in [0, 0.1) is 10.1 Å². The smallest absolute Gasteiger partial charge is 0.294 e. The molecule has 0 aliphatic carbocycles. The summed E-state index contributed by atoms with van der Waals surface area (Å²) in [5.74, 6) is 4.24. The first-order valence-corrected chi connectivity index (χ1v) is 6.24. The molecule has 0 aliphatic rings. The summed E-state index contributed by atoms with van der Waals surface area (Å²) in [5, 5.41) is 15.9. The lowest BCUT2D eigenvalue weighted by Crippen LogP contribution is -2.44. The Kier molecular flexibility index (Phi) is 5.61. The van der Waals surface area contributed by atoms with E-state index in [1.807, 2.05) is 0 Å². The molecule has 21 heavy (non-hydrogen) atoms. The lowest BCUT2D eigenvalue weighted by Gasteiger charge is -2.13. The van der Waals surface area contributed by atoms with Crippen LogP contribution < -0.4 is 21.9 Å². The molecular weight excluding hydrogens is 278 g/mol. The molecule has 1 unspecified atom stereocenters. The van der Waals surface area contributed by atoms with Crippen molar-refractivity contribution in [3.63, 3.8) is 0 Å². The van der Waals surface area contributed by atoms with Gasteiger partial charge >= 0.3 is 0 Å². The number of carbonyl (C=O) groups is 2. The normalized spacial score (nSPS) is 11.4. The van der Waals surface area contributed by atoms with E-state index in [-0.39, 0.29) is 22.8 Å². The zero-order valence-corrected chi connectivity index (χ0v) is 11.7. The Morgan fingerprint density at radius 2 is 2.10 bits per heavy atom. The van der Waals surface area contributed by atoms with Gasteiger partial charge in [0, 0.05) is 18.2 Å². The van der Waals surface area contributed by atoms with Gasteiger partial charge in [0.05, 0.1) is 4.92 Å². The zero-order chi connectivity index (χ0) is 16.0. The van der Waals surface area contributed by atoms with E-state index in [2.05, 4.69) is 16.1 Å². The van der Waals surface area contributed by atoms with E-state index in [0.717, 1.165) is 6.07 Å². The van der Waals surface area contributed by atoms with Crippen LogP contribution in [0.25, 0.3) is 0 Å². The summed E-state index contributed by atoms with van der Waals surface area (Å²) >= 11 is 0. The van der Waals surface area contributed by atoms with E-state index < -0.39 is 16.9 Å². The van der Waals surface area contributed by atoms with E-state index in [9.17, 15) is 19.7 Å². The third-order valence-corrected chi connectivity index (χ3v) is 2.70. The molecule has 5 N–H and O–H groups in total. The number of rotatable bonds is 6. The first kappa shape index (κ1) is 16.4. The van der Waals surface area contributed by atoms with Gasteiger partial charge in [0.15, 0.2) is 0 Å². The van der Waals surface area contributed by atoms with E-state index >= 15 is 0 Å². The Hall–Kier alpha value is -2.68. The van der Waals surface area contributed by atoms with Gasteiger partial charge in [-0.2, -0.15) is 0 Å². The number of nitro groups is 1. The number of nitrogens with one attached hydrogen (secondary N) is 3. The Bertz CT molecular complexity index is 561. The Balaban J connectivity index is 2.90. The van der Waals surface area contributed by atoms with Gasteiger partial charge in [-0.25, -0.2) is 0 Å². The molecule has 9 nitrogen and oxygen atoms in total. The second-order valence-electron chi connectivity index (χ2n) is 4.22. The summed E-state index contributed by atoms with van der Waals surface area (Å²) in [4.78, 5) is 33.7. The van der Waals surface area contributed by atoms with Crippen molar-refractivity contribution in [3.05, 3.63) is 33.9 Å². The van der Waals surface area contributed by atoms with Crippen LogP contribution in [-0.2, 0) is 4.79 Å². The van der Waals surface area contributed by atoms with Gasteiger partial charge in [0.25, 0.3) is 11.6 Å². The van der Waals surface area contributed by atoms with Gasteiger partial charge in [-0.3, -0.25) is 25.5 Å². The average molecular weight is 295 g/mol. The van der Waals surface area contributed by atoms with Crippen molar-refractivity contribution in [2.75, 3.05) is 12.0 Å². The van der Waals surface area contributed by atoms with Crippen LogP contribution in [0.2, 0.25) is 0 Å². The van der Waals surface area contributed by atoms with Gasteiger partial charge in [0.1, 0.15) is 11.7 Å². The van der Waals surface area contributed by atoms with Gasteiger partial charge in [0.2, 0.25) is 5.91 Å². The molecule has 0 radical (unpaired) electrons. The standard InChI is InChI=1S/C12H17N5O4/c1-3-14-11(18)7(2)15-12(19)8-4-5-9(16-13)10(6-8)17(20)21/h4-7,16H,3,13H2,1-2H3,(H,14,18)(H,15,19). The molecule has 0 aliphatic heterocycles. The molecular formula is C12H17N5O4. The highest BCUT2D eigenvalue weighted by Crippen LogP contribution is 2.24. The highest BCUT2D eigenvalue weighted by Gasteiger charge is 2.20. The van der Waals surface area contributed by atoms with Crippen molar-refractivity contribution in [2.45, 2.75) is 19.9 Å². The molecule has 114 valence electrons. The Labute approximate surface area is 121 Å². The average Bonchev–Trinajstić information content (AvgIpc) is 2.46. The highest BCUT2D eigenvalue weighted by molar-refractivity contribution is 5.98. The van der Waals surface area contributed by atoms with Crippen molar-refractivity contribution >= 4 is 23.2 Å². The van der Waals surface area contributed by atoms with Crippen molar-refractivity contribution in [3.8, 4) is 0 Å². The summed E-state index contributed by atoms with van der Waals surface area (Å²) in [6.07, 6.45) is 0. The van der Waals surface area contributed by atoms with Crippen LogP contribution in [0.15, 0.2) is 18.2 Å². The Morgan fingerprint density at radius 3 is 2.62 bits per heavy atom. The number of nitrogen functional groups attached to an aromatic ring is 1. The van der Waals surface area contributed by atoms with Crippen LogP contribution in [0.1, 0.15) is 24.2 Å². The molecule has 0 heterocycles. The Morgan fingerprint density at radius 1 is 1.43 bits per heavy atom. The molecule has 1 aromatic rings. The summed E-state index contributed by atoms with van der Waals surface area (Å²) in [6.45, 7) is 3.73. The largest absolute Gasteiger partial charge is 0.355 e. The topological polar surface area (TPSA) is 139 Å². The number of likely N-dealkylation sites (N-methyl/N-ethyl adjacent to an activating group) is 1. The number of hydrogen-bond donors (Lipinski definition) is 4. The second kappa shape index (κ2) is 7.20. The van der Waals surface area contributed by atoms with Crippen molar-refractivity contribution in [2.24, 2.45) is 5.84 Å². The van der Waals surface area contributed by atoms with Gasteiger partial charge in [-0.15, -0.1) is 0 Å². The summed E-state index contributed by atoms with van der Waals surface area (Å²) in [5.41, 5.74) is 2.02. The van der Waals surface area contributed by atoms with E-state index in [0.29, 0.717) is 6.54 Å². The number of carbonyl (C=O) groups excluding carboxylic acids is 2. The molecule has 0 aromatic heterocycles. The lowest BCUT2D eigenvalue weighted by atomic mass is 10.1. The van der Waals surface area contributed by atoms with E-state index in [1.54, 1.807) is 6.92 Å². The van der Waals surface area contributed by atoms with Crippen LogP contribution in [0.5, 0.6) is 0 Å². The maximum atomic E-state index is 12.0. The molecule has 1 rings (SSSR count). The number of benzene rings is 1. The van der Waals surface area contributed by atoms with Crippen molar-refractivity contribution in [1.29, 1.82) is 0 Å². The third-order valence-electron chi connectivity index (χ3n) is 2.70. The molecule has 1 aromatic carbocycles. The number of nitrogens with two attached hydrogens (primary N) is 1. The van der Waals surface area contributed by atoms with Crippen LogP contribution in [0.3, 0.4) is 0 Å². The van der Waals surface area contributed by atoms with Crippen LogP contribution >= 0.6 is 0 Å². The van der Waals surface area contributed by atoms with E-state index in [1.165, 1.54) is 19.1 Å². The zero-order valence-electron chi connectivity index (χ0n) is 11.7. The van der Waals surface area contributed by atoms with Gasteiger partial charge < -0.3 is 16.1 Å². The van der Waals surface area contributed by atoms with Gasteiger partial charge in [-0.1, -0.05) is 0 Å². The summed E-state index contributed by atoms with van der Waals surface area (Å²) < 4.78 is 0. The number of hydrazine groups is 1. The highest BCUT2D eigenvalue weighted by atomic mass is 16.6. The fourth-order valence-electron chi connectivity index (χ4n) is 1.62. The molecule has 1 atom stereocenters. The first-order chi connectivity index (χ1) is 9.90. The lowest BCUT2D eigenvalue weighted by molar-refractivity contribution is -0.384. The molecule has 0 spiro atoms. The minimum absolute atomic E-state index is 0.0665. The first-order valence-electron chi connectivity index (χ1n) is 6.24. The maximum Gasteiger partial charge on any atom is 0.294 e. The number of amides is 2. The molecule has 2 amide bonds. The summed E-state index contributed by atoms with van der Waals surface area (Å²) in [7, 11) is 0. The molecule has 9 heteroatoms. The van der Waals surface area contributed by atoms with E-state index in [4.69, 9.17) is 5.84 Å². The number of nitro benzene ring substituents is 1.